The molecule has 1 aromatic carbocycles. The minimum absolute atomic E-state index is 0.0238. The molecule has 0 aliphatic carbocycles. The number of carbonyl (C=O) groups excluding carboxylic acids is 1. The highest BCUT2D eigenvalue weighted by atomic mass is 19.4. The first kappa shape index (κ1) is 25.6. The molecule has 0 bridgehead atoms. The van der Waals surface area contributed by atoms with Gasteiger partial charge in [0.15, 0.2) is 12.2 Å². The Hall–Kier alpha value is -2.53. The average Bonchev–Trinajstić information content (AvgIpc) is 3.25. The second kappa shape index (κ2) is 11.5. The molecule has 2 aliphatic rings. The number of esters is 1. The van der Waals surface area contributed by atoms with E-state index in [0.717, 1.165) is 25.9 Å². The van der Waals surface area contributed by atoms with E-state index in [1.165, 1.54) is 6.07 Å². The second-order valence-electron chi connectivity index (χ2n) is 9.19. The van der Waals surface area contributed by atoms with Gasteiger partial charge >= 0.3 is 12.1 Å². The first-order valence-corrected chi connectivity index (χ1v) is 12.0. The highest BCUT2D eigenvalue weighted by molar-refractivity contribution is 5.88. The van der Waals surface area contributed by atoms with E-state index >= 15 is 0 Å². The van der Waals surface area contributed by atoms with Crippen LogP contribution >= 0.6 is 0 Å². The number of likely N-dealkylation sites (tertiary alicyclic amines) is 1. The van der Waals surface area contributed by atoms with Gasteiger partial charge in [0.2, 0.25) is 0 Å². The standard InChI is InChI=1S/C24H31F3N2O6/c1-16-13-18(7-11-31-16)23(30)32-12-10-29-8-5-17(6-9-29)14-33-22-21-19(34-15-24(25,26)27)3-2-4-20(21)35-28-22/h2-4,16-18H,5-15H2,1H3. The van der Waals surface area contributed by atoms with Crippen LogP contribution in [-0.2, 0) is 14.3 Å². The van der Waals surface area contributed by atoms with Crippen LogP contribution in [0.5, 0.6) is 11.6 Å². The third-order valence-corrected chi connectivity index (χ3v) is 6.45. The van der Waals surface area contributed by atoms with Crippen LogP contribution in [0.3, 0.4) is 0 Å². The van der Waals surface area contributed by atoms with Crippen molar-refractivity contribution >= 4 is 16.9 Å². The summed E-state index contributed by atoms with van der Waals surface area (Å²) in [5.41, 5.74) is 0.305. The van der Waals surface area contributed by atoms with Gasteiger partial charge < -0.3 is 23.5 Å². The van der Waals surface area contributed by atoms with E-state index in [0.29, 0.717) is 50.2 Å². The number of alkyl halides is 3. The molecule has 8 nitrogen and oxygen atoms in total. The number of nitrogens with zero attached hydrogens (tertiary/aromatic N) is 2. The lowest BCUT2D eigenvalue weighted by molar-refractivity contribution is -0.154. The Bertz CT molecular complexity index is 974. The van der Waals surface area contributed by atoms with E-state index in [-0.39, 0.29) is 35.5 Å². The maximum Gasteiger partial charge on any atom is 0.422 e. The van der Waals surface area contributed by atoms with E-state index in [2.05, 4.69) is 10.1 Å². The summed E-state index contributed by atoms with van der Waals surface area (Å²) in [6.07, 6.45) is -1.16. The molecule has 35 heavy (non-hydrogen) atoms. The lowest BCUT2D eigenvalue weighted by Gasteiger charge is -2.31. The Morgan fingerprint density at radius 1 is 1.20 bits per heavy atom. The summed E-state index contributed by atoms with van der Waals surface area (Å²) in [4.78, 5) is 14.5. The van der Waals surface area contributed by atoms with Gasteiger partial charge in [-0.3, -0.25) is 9.69 Å². The number of aromatic nitrogens is 1. The third kappa shape index (κ3) is 7.23. The van der Waals surface area contributed by atoms with Crippen molar-refractivity contribution in [3.63, 3.8) is 0 Å². The van der Waals surface area contributed by atoms with Gasteiger partial charge in [0, 0.05) is 13.2 Å². The van der Waals surface area contributed by atoms with Crippen LogP contribution in [0.15, 0.2) is 22.7 Å². The zero-order valence-electron chi connectivity index (χ0n) is 19.7. The molecule has 0 N–H and O–H groups in total. The molecule has 0 saturated carbocycles. The molecule has 2 atom stereocenters. The molecule has 4 rings (SSSR count). The summed E-state index contributed by atoms with van der Waals surface area (Å²) >= 11 is 0. The Morgan fingerprint density at radius 2 is 2.00 bits per heavy atom. The van der Waals surface area contributed by atoms with Crippen molar-refractivity contribution in [3.05, 3.63) is 18.2 Å². The third-order valence-electron chi connectivity index (χ3n) is 6.45. The van der Waals surface area contributed by atoms with Crippen molar-refractivity contribution < 1.29 is 41.4 Å². The van der Waals surface area contributed by atoms with Crippen molar-refractivity contribution in [1.29, 1.82) is 0 Å². The second-order valence-corrected chi connectivity index (χ2v) is 9.19. The molecule has 0 spiro atoms. The zero-order valence-corrected chi connectivity index (χ0v) is 19.7. The summed E-state index contributed by atoms with van der Waals surface area (Å²) in [5, 5.41) is 4.18. The van der Waals surface area contributed by atoms with Gasteiger partial charge in [-0.25, -0.2) is 0 Å². The van der Waals surface area contributed by atoms with E-state index in [9.17, 15) is 18.0 Å². The quantitative estimate of drug-likeness (QED) is 0.474. The van der Waals surface area contributed by atoms with E-state index < -0.39 is 12.8 Å². The summed E-state index contributed by atoms with van der Waals surface area (Å²) in [6, 6.07) is 4.58. The van der Waals surface area contributed by atoms with Crippen molar-refractivity contribution in [2.75, 3.05) is 46.1 Å². The molecule has 2 unspecified atom stereocenters. The molecule has 2 fully saturated rings. The fourth-order valence-corrected chi connectivity index (χ4v) is 4.49. The van der Waals surface area contributed by atoms with Crippen LogP contribution < -0.4 is 9.47 Å². The first-order chi connectivity index (χ1) is 16.8. The molecule has 0 radical (unpaired) electrons. The van der Waals surface area contributed by atoms with E-state index in [1.54, 1.807) is 12.1 Å². The lowest BCUT2D eigenvalue weighted by Crippen LogP contribution is -2.38. The fourth-order valence-electron chi connectivity index (χ4n) is 4.49. The highest BCUT2D eigenvalue weighted by Crippen LogP contribution is 2.35. The van der Waals surface area contributed by atoms with Crippen LogP contribution in [0.25, 0.3) is 11.0 Å². The molecule has 1 aromatic heterocycles. The minimum Gasteiger partial charge on any atom is -0.483 e. The largest absolute Gasteiger partial charge is 0.483 e. The maximum absolute atomic E-state index is 12.6. The summed E-state index contributed by atoms with van der Waals surface area (Å²) < 4.78 is 64.7. The van der Waals surface area contributed by atoms with Crippen LogP contribution in [0.1, 0.15) is 32.6 Å². The molecule has 2 aliphatic heterocycles. The molecule has 2 saturated heterocycles. The van der Waals surface area contributed by atoms with Gasteiger partial charge in [-0.05, 0) is 68.9 Å². The molecular formula is C24H31F3N2O6. The highest BCUT2D eigenvalue weighted by Gasteiger charge is 2.30. The summed E-state index contributed by atoms with van der Waals surface area (Å²) in [7, 11) is 0. The average molecular weight is 501 g/mol. The normalized spacial score (nSPS) is 22.3. The van der Waals surface area contributed by atoms with Gasteiger partial charge in [-0.15, -0.1) is 0 Å². The topological polar surface area (TPSA) is 83.3 Å². The maximum atomic E-state index is 12.6. The van der Waals surface area contributed by atoms with Gasteiger partial charge in [0.05, 0.1) is 18.6 Å². The number of fused-ring (bicyclic) bond motifs is 1. The van der Waals surface area contributed by atoms with Crippen molar-refractivity contribution in [2.45, 2.75) is 44.9 Å². The zero-order chi connectivity index (χ0) is 24.8. The van der Waals surface area contributed by atoms with Gasteiger partial charge in [-0.1, -0.05) is 6.07 Å². The number of benzene rings is 1. The van der Waals surface area contributed by atoms with Gasteiger partial charge in [0.1, 0.15) is 17.7 Å². The van der Waals surface area contributed by atoms with Crippen LogP contribution in [0.2, 0.25) is 0 Å². The number of hydrogen-bond donors (Lipinski definition) is 0. The SMILES string of the molecule is CC1CC(C(=O)OCCN2CCC(COc3noc4cccc(OCC(F)(F)F)c34)CC2)CCO1. The van der Waals surface area contributed by atoms with Crippen molar-refractivity contribution in [3.8, 4) is 11.6 Å². The van der Waals surface area contributed by atoms with Gasteiger partial charge in [-0.2, -0.15) is 13.2 Å². The van der Waals surface area contributed by atoms with Crippen molar-refractivity contribution in [1.82, 2.24) is 10.1 Å². The van der Waals surface area contributed by atoms with Crippen molar-refractivity contribution in [2.24, 2.45) is 11.8 Å². The Balaban J connectivity index is 1.19. The molecule has 3 heterocycles. The number of carbonyl (C=O) groups is 1. The minimum atomic E-state index is -4.45. The van der Waals surface area contributed by atoms with Crippen LogP contribution in [-0.4, -0.2) is 74.4 Å². The first-order valence-electron chi connectivity index (χ1n) is 12.0. The Kier molecular flexibility index (Phi) is 8.38. The number of ether oxygens (including phenoxy) is 4. The summed E-state index contributed by atoms with van der Waals surface area (Å²) in [6.45, 7) is 4.29. The molecule has 0 amide bonds. The Labute approximate surface area is 201 Å². The predicted molar refractivity (Wildman–Crippen MR) is 119 cm³/mol. The van der Waals surface area contributed by atoms with Gasteiger partial charge in [0.25, 0.3) is 5.88 Å². The van der Waals surface area contributed by atoms with Crippen LogP contribution in [0.4, 0.5) is 13.2 Å². The molecule has 11 heteroatoms. The van der Waals surface area contributed by atoms with E-state index in [4.69, 9.17) is 23.5 Å². The van der Waals surface area contributed by atoms with Crippen LogP contribution in [0, 0.1) is 11.8 Å². The molecule has 2 aromatic rings. The molecule has 194 valence electrons. The monoisotopic (exact) mass is 500 g/mol. The number of halogens is 3. The lowest BCUT2D eigenvalue weighted by atomic mass is 9.96. The Morgan fingerprint density at radius 3 is 2.74 bits per heavy atom. The van der Waals surface area contributed by atoms with E-state index in [1.807, 2.05) is 6.92 Å². The molecular weight excluding hydrogens is 469 g/mol. The smallest absolute Gasteiger partial charge is 0.422 e. The number of hydrogen-bond acceptors (Lipinski definition) is 8. The fraction of sp³-hybridized carbons (Fsp3) is 0.667. The number of piperidine rings is 1. The number of rotatable bonds is 9. The predicted octanol–water partition coefficient (Wildman–Crippen LogP) is 4.22. The summed E-state index contributed by atoms with van der Waals surface area (Å²) in [5.74, 6) is 0.216.